The lowest BCUT2D eigenvalue weighted by Crippen LogP contribution is -2.49. The summed E-state index contributed by atoms with van der Waals surface area (Å²) in [7, 11) is -1.05. The van der Waals surface area contributed by atoms with E-state index in [9.17, 15) is 31.7 Å². The van der Waals surface area contributed by atoms with Gasteiger partial charge in [0.2, 0.25) is 11.5 Å². The van der Waals surface area contributed by atoms with Crippen LogP contribution in [-0.4, -0.2) is 33.3 Å². The lowest BCUT2D eigenvalue weighted by molar-refractivity contribution is -0.236. The van der Waals surface area contributed by atoms with Gasteiger partial charge in [0.25, 0.3) is 12.3 Å². The second kappa shape index (κ2) is 9.08. The molecule has 0 heterocycles. The molecule has 2 N–H and O–H groups in total. The number of nitrogens with one attached hydrogen (secondary N) is 1. The molecule has 0 aromatic heterocycles. The van der Waals surface area contributed by atoms with Crippen LogP contribution < -0.4 is 5.32 Å². The fourth-order valence-corrected chi connectivity index (χ4v) is 4.52. The maximum Gasteiger partial charge on any atom is 0.283 e. The molecule has 3 rings (SSSR count). The van der Waals surface area contributed by atoms with Crippen molar-refractivity contribution in [2.45, 2.75) is 49.0 Å². The van der Waals surface area contributed by atoms with Crippen LogP contribution in [-0.2, 0) is 27.6 Å². The van der Waals surface area contributed by atoms with Crippen molar-refractivity contribution in [1.82, 2.24) is 0 Å². The number of halogens is 4. The van der Waals surface area contributed by atoms with Crippen molar-refractivity contribution >= 4 is 22.4 Å². The molecule has 2 unspecified atom stereocenters. The van der Waals surface area contributed by atoms with Crippen molar-refractivity contribution in [2.75, 3.05) is 11.1 Å². The number of hydrogen-bond acceptors (Lipinski definition) is 3. The van der Waals surface area contributed by atoms with E-state index in [-0.39, 0.29) is 19.0 Å². The van der Waals surface area contributed by atoms with E-state index >= 15 is 0 Å². The molecular weight excluding hydrogens is 434 g/mol. The Kier molecular flexibility index (Phi) is 6.85. The Bertz CT molecular complexity index is 941. The monoisotopic (exact) mass is 457 g/mol. The summed E-state index contributed by atoms with van der Waals surface area (Å²) < 4.78 is 65.6. The average Bonchev–Trinajstić information content (AvgIpc) is 3.51. The van der Waals surface area contributed by atoms with Gasteiger partial charge in [-0.15, -0.1) is 0 Å². The van der Waals surface area contributed by atoms with E-state index in [4.69, 9.17) is 0 Å². The third kappa shape index (κ3) is 5.51. The van der Waals surface area contributed by atoms with Gasteiger partial charge in [-0.05, 0) is 54.2 Å². The van der Waals surface area contributed by atoms with Crippen molar-refractivity contribution in [3.05, 3.63) is 59.7 Å². The van der Waals surface area contributed by atoms with E-state index in [1.54, 1.807) is 24.3 Å². The zero-order valence-corrected chi connectivity index (χ0v) is 17.6. The first-order valence-corrected chi connectivity index (χ1v) is 11.1. The van der Waals surface area contributed by atoms with Crippen molar-refractivity contribution in [3.63, 3.8) is 0 Å². The highest BCUT2D eigenvalue weighted by Crippen LogP contribution is 2.42. The van der Waals surface area contributed by atoms with Crippen molar-refractivity contribution in [1.29, 1.82) is 0 Å². The minimum Gasteiger partial charge on any atom is -0.374 e. The first-order chi connectivity index (χ1) is 14.5. The molecule has 0 bridgehead atoms. The molecule has 2 aromatic carbocycles. The van der Waals surface area contributed by atoms with E-state index in [1.165, 1.54) is 12.1 Å². The molecular formula is C22H23F4NO3S. The molecule has 31 heavy (non-hydrogen) atoms. The van der Waals surface area contributed by atoms with Crippen LogP contribution in [0.1, 0.15) is 30.9 Å². The van der Waals surface area contributed by atoms with Crippen LogP contribution in [0.15, 0.2) is 53.4 Å². The van der Waals surface area contributed by atoms with Crippen LogP contribution in [0.5, 0.6) is 0 Å². The van der Waals surface area contributed by atoms with E-state index in [0.29, 0.717) is 22.1 Å². The molecule has 4 nitrogen and oxygen atoms in total. The number of rotatable bonds is 9. The van der Waals surface area contributed by atoms with Crippen LogP contribution in [0, 0.1) is 5.92 Å². The topological polar surface area (TPSA) is 66.4 Å². The second-order valence-corrected chi connectivity index (χ2v) is 9.35. The quantitative estimate of drug-likeness (QED) is 0.545. The number of aliphatic hydroxyl groups is 1. The van der Waals surface area contributed by atoms with Gasteiger partial charge in [0.05, 0.1) is 17.2 Å². The molecule has 0 saturated heterocycles. The highest BCUT2D eigenvalue weighted by molar-refractivity contribution is 7.85. The smallest absolute Gasteiger partial charge is 0.283 e. The van der Waals surface area contributed by atoms with Crippen molar-refractivity contribution < 1.29 is 31.7 Å². The number of hydrogen-bond donors (Lipinski definition) is 2. The number of amides is 1. The lowest BCUT2D eigenvalue weighted by Gasteiger charge is -2.33. The predicted octanol–water partition coefficient (Wildman–Crippen LogP) is 4.49. The van der Waals surface area contributed by atoms with Gasteiger partial charge >= 0.3 is 0 Å². The summed E-state index contributed by atoms with van der Waals surface area (Å²) in [5.41, 5.74) is -3.37. The van der Waals surface area contributed by atoms with Crippen LogP contribution in [0.2, 0.25) is 0 Å². The minimum absolute atomic E-state index is 0.0191. The zero-order chi connectivity index (χ0) is 22.8. The Balaban J connectivity index is 1.61. The zero-order valence-electron chi connectivity index (χ0n) is 16.8. The maximum absolute atomic E-state index is 13.6. The van der Waals surface area contributed by atoms with Gasteiger partial charge in [-0.1, -0.05) is 24.3 Å². The van der Waals surface area contributed by atoms with Crippen molar-refractivity contribution in [3.8, 4) is 0 Å². The molecule has 9 heteroatoms. The molecule has 0 spiro atoms. The predicted molar refractivity (Wildman–Crippen MR) is 110 cm³/mol. The van der Waals surface area contributed by atoms with Gasteiger partial charge in [0.15, 0.2) is 0 Å². The third-order valence-corrected chi connectivity index (χ3v) is 6.80. The minimum atomic E-state index is -4.07. The van der Waals surface area contributed by atoms with Gasteiger partial charge in [0, 0.05) is 23.3 Å². The number of alkyl halides is 4. The van der Waals surface area contributed by atoms with E-state index in [0.717, 1.165) is 25.0 Å². The summed E-state index contributed by atoms with van der Waals surface area (Å²) in [4.78, 5) is 13.0. The SMILES string of the molecule is CC(F)(F)C(O)(c1ccc(NC(=O)Cc2ccc(S(=O)CC3CC3)cc2)cc1)C(F)F. The first kappa shape index (κ1) is 23.4. The molecule has 1 aliphatic rings. The summed E-state index contributed by atoms with van der Waals surface area (Å²) in [6, 6.07) is 11.1. The fraction of sp³-hybridized carbons (Fsp3) is 0.409. The summed E-state index contributed by atoms with van der Waals surface area (Å²) in [5, 5.41) is 12.4. The second-order valence-electron chi connectivity index (χ2n) is 7.86. The van der Waals surface area contributed by atoms with E-state index in [2.05, 4.69) is 5.32 Å². The van der Waals surface area contributed by atoms with Crippen LogP contribution >= 0.6 is 0 Å². The number of anilines is 1. The number of carbonyl (C=O) groups excluding carboxylic acids is 1. The Morgan fingerprint density at radius 1 is 1.13 bits per heavy atom. The normalized spacial score (nSPS) is 17.3. The standard InChI is InChI=1S/C22H23F4NO3S/c1-21(25,26)22(29,20(23)24)16-6-8-17(9-7-16)27-19(28)12-14-4-10-18(11-5-14)31(30)13-15-2-3-15/h4-11,15,20,29H,2-3,12-13H2,1H3,(H,27,28). The lowest BCUT2D eigenvalue weighted by atomic mass is 9.88. The Hall–Kier alpha value is -2.26. The van der Waals surface area contributed by atoms with Crippen LogP contribution in [0.4, 0.5) is 23.2 Å². The first-order valence-electron chi connectivity index (χ1n) is 9.76. The maximum atomic E-state index is 13.6. The van der Waals surface area contributed by atoms with E-state index in [1.807, 2.05) is 0 Å². The molecule has 0 radical (unpaired) electrons. The highest BCUT2D eigenvalue weighted by Gasteiger charge is 2.57. The summed E-state index contributed by atoms with van der Waals surface area (Å²) in [6.07, 6.45) is -1.44. The average molecular weight is 457 g/mol. The van der Waals surface area contributed by atoms with Gasteiger partial charge < -0.3 is 10.4 Å². The summed E-state index contributed by atoms with van der Waals surface area (Å²) in [6.45, 7) is 0.224. The van der Waals surface area contributed by atoms with Gasteiger partial charge in [0.1, 0.15) is 0 Å². The molecule has 1 aliphatic carbocycles. The highest BCUT2D eigenvalue weighted by atomic mass is 32.2. The molecule has 168 valence electrons. The fourth-order valence-electron chi connectivity index (χ4n) is 3.12. The van der Waals surface area contributed by atoms with Crippen LogP contribution in [0.25, 0.3) is 0 Å². The third-order valence-electron chi connectivity index (χ3n) is 5.23. The van der Waals surface area contributed by atoms with E-state index < -0.39 is 40.2 Å². The van der Waals surface area contributed by atoms with Gasteiger partial charge in [-0.2, -0.15) is 0 Å². The van der Waals surface area contributed by atoms with Gasteiger partial charge in [-0.3, -0.25) is 9.00 Å². The van der Waals surface area contributed by atoms with Crippen LogP contribution in [0.3, 0.4) is 0 Å². The number of benzene rings is 2. The molecule has 1 fully saturated rings. The number of carbonyl (C=O) groups is 1. The molecule has 2 aromatic rings. The summed E-state index contributed by atoms with van der Waals surface area (Å²) in [5.74, 6) is -3.27. The Morgan fingerprint density at radius 3 is 2.19 bits per heavy atom. The Morgan fingerprint density at radius 2 is 1.71 bits per heavy atom. The van der Waals surface area contributed by atoms with Crippen molar-refractivity contribution in [2.24, 2.45) is 5.92 Å². The Labute approximate surface area is 180 Å². The molecule has 2 atom stereocenters. The molecule has 1 saturated carbocycles. The molecule has 1 amide bonds. The summed E-state index contributed by atoms with van der Waals surface area (Å²) >= 11 is 0. The van der Waals surface area contributed by atoms with Gasteiger partial charge in [-0.25, -0.2) is 17.6 Å². The molecule has 0 aliphatic heterocycles. The largest absolute Gasteiger partial charge is 0.374 e.